The van der Waals surface area contributed by atoms with Gasteiger partial charge < -0.3 is 5.32 Å². The van der Waals surface area contributed by atoms with Gasteiger partial charge in [0.15, 0.2) is 0 Å². The van der Waals surface area contributed by atoms with E-state index in [0.29, 0.717) is 0 Å². The molecule has 3 heteroatoms. The van der Waals surface area contributed by atoms with Crippen LogP contribution in [0.4, 0.5) is 5.69 Å². The highest BCUT2D eigenvalue weighted by Gasteiger charge is 2.22. The molecule has 0 aliphatic heterocycles. The number of carbonyl (C=O) groups is 1. The lowest BCUT2D eigenvalue weighted by atomic mass is 9.86. The molecule has 1 unspecified atom stereocenters. The highest BCUT2D eigenvalue weighted by molar-refractivity contribution is 6.32. The summed E-state index contributed by atoms with van der Waals surface area (Å²) in [5.74, 6) is -0.209. The fraction of sp³-hybridized carbons (Fsp3) is 0.278. The molecule has 1 amide bonds. The molecule has 2 aromatic carbocycles. The molecular formula is C18H20ClNO. The average Bonchev–Trinajstić information content (AvgIpc) is 2.47. The molecule has 2 rings (SSSR count). The molecule has 0 saturated carbocycles. The number of anilines is 1. The number of nitrogens with one attached hydrogen (secondary N) is 1. The monoisotopic (exact) mass is 301 g/mol. The topological polar surface area (TPSA) is 29.1 Å². The summed E-state index contributed by atoms with van der Waals surface area (Å²) >= 11 is 6.26. The van der Waals surface area contributed by atoms with Gasteiger partial charge in [0, 0.05) is 5.69 Å². The molecule has 110 valence electrons. The quantitative estimate of drug-likeness (QED) is 0.802. The van der Waals surface area contributed by atoms with Crippen molar-refractivity contribution in [3.63, 3.8) is 0 Å². The minimum Gasteiger partial charge on any atom is -0.324 e. The Bertz CT molecular complexity index is 617. The first-order valence-electron chi connectivity index (χ1n) is 6.99. The molecule has 21 heavy (non-hydrogen) atoms. The summed E-state index contributed by atoms with van der Waals surface area (Å²) in [5, 5.41) is 2.25. The van der Waals surface area contributed by atoms with E-state index in [0.717, 1.165) is 16.8 Å². The number of benzene rings is 2. The lowest BCUT2D eigenvalue weighted by molar-refractivity contribution is -0.116. The largest absolute Gasteiger partial charge is 0.324 e. The van der Waals surface area contributed by atoms with E-state index in [4.69, 9.17) is 11.6 Å². The number of rotatable bonds is 3. The van der Waals surface area contributed by atoms with Gasteiger partial charge in [-0.05, 0) is 22.6 Å². The van der Waals surface area contributed by atoms with Crippen LogP contribution in [0.2, 0.25) is 0 Å². The number of hydrogen-bond acceptors (Lipinski definition) is 1. The van der Waals surface area contributed by atoms with Crippen LogP contribution in [0.5, 0.6) is 0 Å². The van der Waals surface area contributed by atoms with Gasteiger partial charge in [-0.1, -0.05) is 69.3 Å². The first kappa shape index (κ1) is 15.6. The van der Waals surface area contributed by atoms with E-state index in [1.807, 2.05) is 54.6 Å². The highest BCUT2D eigenvalue weighted by Crippen LogP contribution is 2.30. The molecule has 1 atom stereocenters. The number of halogens is 1. The van der Waals surface area contributed by atoms with Gasteiger partial charge in [-0.15, -0.1) is 11.6 Å². The van der Waals surface area contributed by atoms with Crippen LogP contribution < -0.4 is 5.32 Å². The van der Waals surface area contributed by atoms with Crippen LogP contribution in [-0.4, -0.2) is 5.91 Å². The van der Waals surface area contributed by atoms with Crippen molar-refractivity contribution in [3.8, 4) is 0 Å². The maximum Gasteiger partial charge on any atom is 0.246 e. The maximum absolute atomic E-state index is 12.3. The van der Waals surface area contributed by atoms with Crippen molar-refractivity contribution in [2.24, 2.45) is 0 Å². The summed E-state index contributed by atoms with van der Waals surface area (Å²) < 4.78 is 0. The number of para-hydroxylation sites is 1. The first-order valence-corrected chi connectivity index (χ1v) is 7.42. The van der Waals surface area contributed by atoms with Gasteiger partial charge in [0.1, 0.15) is 5.38 Å². The second-order valence-electron chi connectivity index (χ2n) is 6.06. The van der Waals surface area contributed by atoms with Crippen molar-refractivity contribution >= 4 is 23.2 Å². The lowest BCUT2D eigenvalue weighted by Gasteiger charge is -2.23. The fourth-order valence-electron chi connectivity index (χ4n) is 2.22. The molecule has 2 aromatic rings. The zero-order valence-corrected chi connectivity index (χ0v) is 13.3. The van der Waals surface area contributed by atoms with E-state index < -0.39 is 5.38 Å². The van der Waals surface area contributed by atoms with Gasteiger partial charge >= 0.3 is 0 Å². The van der Waals surface area contributed by atoms with E-state index in [-0.39, 0.29) is 11.3 Å². The summed E-state index contributed by atoms with van der Waals surface area (Å²) in [4.78, 5) is 12.3. The number of hydrogen-bond donors (Lipinski definition) is 1. The molecule has 0 aliphatic carbocycles. The van der Waals surface area contributed by atoms with Gasteiger partial charge in [-0.2, -0.15) is 0 Å². The summed E-state index contributed by atoms with van der Waals surface area (Å²) in [6.45, 7) is 6.36. The summed E-state index contributed by atoms with van der Waals surface area (Å²) in [7, 11) is 0. The minimum atomic E-state index is -0.695. The van der Waals surface area contributed by atoms with Crippen molar-refractivity contribution in [2.45, 2.75) is 31.6 Å². The van der Waals surface area contributed by atoms with E-state index in [1.54, 1.807) is 0 Å². The van der Waals surface area contributed by atoms with Crippen molar-refractivity contribution < 1.29 is 4.79 Å². The SMILES string of the molecule is CC(C)(C)c1ccccc1NC(=O)C(Cl)c1ccccc1. The minimum absolute atomic E-state index is 0.0432. The van der Waals surface area contributed by atoms with Crippen molar-refractivity contribution in [2.75, 3.05) is 5.32 Å². The third-order valence-corrected chi connectivity index (χ3v) is 3.77. The van der Waals surface area contributed by atoms with Crippen LogP contribution in [0.25, 0.3) is 0 Å². The molecule has 1 N–H and O–H groups in total. The molecule has 0 fully saturated rings. The Labute approximate surface area is 131 Å². The van der Waals surface area contributed by atoms with Gasteiger partial charge in [-0.25, -0.2) is 0 Å². The third kappa shape index (κ3) is 3.85. The standard InChI is InChI=1S/C18H20ClNO/c1-18(2,3)14-11-7-8-12-15(14)20-17(21)16(19)13-9-5-4-6-10-13/h4-12,16H,1-3H3,(H,20,21). The molecule has 2 nitrogen and oxygen atoms in total. The summed E-state index contributed by atoms with van der Waals surface area (Å²) in [6, 6.07) is 17.2. The van der Waals surface area contributed by atoms with Crippen LogP contribution in [0.3, 0.4) is 0 Å². The molecule has 0 bridgehead atoms. The zero-order valence-electron chi connectivity index (χ0n) is 12.6. The molecular weight excluding hydrogens is 282 g/mol. The molecule has 0 saturated heterocycles. The van der Waals surface area contributed by atoms with Crippen molar-refractivity contribution in [3.05, 3.63) is 65.7 Å². The van der Waals surface area contributed by atoms with E-state index in [1.165, 1.54) is 0 Å². The average molecular weight is 302 g/mol. The van der Waals surface area contributed by atoms with E-state index >= 15 is 0 Å². The van der Waals surface area contributed by atoms with Crippen LogP contribution in [0.15, 0.2) is 54.6 Å². The fourth-order valence-corrected chi connectivity index (χ4v) is 2.42. The lowest BCUT2D eigenvalue weighted by Crippen LogP contribution is -2.21. The van der Waals surface area contributed by atoms with Crippen LogP contribution in [0, 0.1) is 0 Å². The van der Waals surface area contributed by atoms with Gasteiger partial charge in [0.05, 0.1) is 0 Å². The Morgan fingerprint density at radius 1 is 1.00 bits per heavy atom. The second kappa shape index (κ2) is 6.31. The van der Waals surface area contributed by atoms with Gasteiger partial charge in [0.25, 0.3) is 0 Å². The molecule has 0 aliphatic rings. The summed E-state index contributed by atoms with van der Waals surface area (Å²) in [5.41, 5.74) is 2.66. The highest BCUT2D eigenvalue weighted by atomic mass is 35.5. The molecule has 0 aromatic heterocycles. The summed E-state index contributed by atoms with van der Waals surface area (Å²) in [6.07, 6.45) is 0. The number of amides is 1. The Morgan fingerprint density at radius 2 is 1.57 bits per heavy atom. The maximum atomic E-state index is 12.3. The molecule has 0 radical (unpaired) electrons. The van der Waals surface area contributed by atoms with Gasteiger partial charge in [0.2, 0.25) is 5.91 Å². The van der Waals surface area contributed by atoms with Gasteiger partial charge in [-0.3, -0.25) is 4.79 Å². The predicted molar refractivity (Wildman–Crippen MR) is 88.8 cm³/mol. The third-order valence-electron chi connectivity index (χ3n) is 3.32. The Morgan fingerprint density at radius 3 is 2.19 bits per heavy atom. The Balaban J connectivity index is 2.21. The van der Waals surface area contributed by atoms with Crippen LogP contribution in [-0.2, 0) is 10.2 Å². The predicted octanol–water partition coefficient (Wildman–Crippen LogP) is 4.90. The van der Waals surface area contributed by atoms with Crippen LogP contribution in [0.1, 0.15) is 37.3 Å². The van der Waals surface area contributed by atoms with E-state index in [2.05, 4.69) is 26.1 Å². The molecule has 0 spiro atoms. The number of alkyl halides is 1. The van der Waals surface area contributed by atoms with Crippen molar-refractivity contribution in [1.29, 1.82) is 0 Å². The van der Waals surface area contributed by atoms with E-state index in [9.17, 15) is 4.79 Å². The Kier molecular flexibility index (Phi) is 4.69. The number of carbonyl (C=O) groups excluding carboxylic acids is 1. The van der Waals surface area contributed by atoms with Crippen molar-refractivity contribution in [1.82, 2.24) is 0 Å². The zero-order chi connectivity index (χ0) is 15.5. The first-order chi connectivity index (χ1) is 9.89. The molecule has 0 heterocycles. The second-order valence-corrected chi connectivity index (χ2v) is 6.49. The normalized spacial score (nSPS) is 12.8. The van der Waals surface area contributed by atoms with Crippen LogP contribution >= 0.6 is 11.6 Å². The smallest absolute Gasteiger partial charge is 0.246 e. The Hall–Kier alpha value is -1.80.